The maximum absolute atomic E-state index is 2.36. The van der Waals surface area contributed by atoms with Gasteiger partial charge in [0.2, 0.25) is 0 Å². The third-order valence-corrected chi connectivity index (χ3v) is 9.03. The molecule has 0 nitrogen and oxygen atoms in total. The molecule has 0 fully saturated rings. The lowest BCUT2D eigenvalue weighted by Gasteiger charge is -2.23. The maximum atomic E-state index is 2.36. The largest absolute Gasteiger partial charge is 0.112 e. The van der Waals surface area contributed by atoms with Crippen molar-refractivity contribution in [3.05, 3.63) is 90.5 Å². The molecule has 3 aromatic rings. The summed E-state index contributed by atoms with van der Waals surface area (Å²) >= 11 is 0. The normalized spacial score (nSPS) is 15.6. The van der Waals surface area contributed by atoms with E-state index in [1.54, 1.807) is 10.9 Å². The molecule has 1 aliphatic heterocycles. The lowest BCUT2D eigenvalue weighted by molar-refractivity contribution is 1.19. The van der Waals surface area contributed by atoms with Gasteiger partial charge in [0.05, 0.1) is 6.16 Å². The van der Waals surface area contributed by atoms with Crippen LogP contribution in [0.15, 0.2) is 84.9 Å². The van der Waals surface area contributed by atoms with Gasteiger partial charge in [-0.3, -0.25) is 0 Å². The minimum atomic E-state index is -1.44. The summed E-state index contributed by atoms with van der Waals surface area (Å²) in [6, 6.07) is 31.3. The van der Waals surface area contributed by atoms with Crippen molar-refractivity contribution < 1.29 is 0 Å². The molecule has 102 valence electrons. The molecule has 4 rings (SSSR count). The Balaban J connectivity index is 2.02. The van der Waals surface area contributed by atoms with E-state index in [-0.39, 0.29) is 0 Å². The number of fused-ring (bicyclic) bond motifs is 1. The molecule has 0 aliphatic carbocycles. The summed E-state index contributed by atoms with van der Waals surface area (Å²) in [5.41, 5.74) is 1.54. The van der Waals surface area contributed by atoms with E-state index in [9.17, 15) is 0 Å². The van der Waals surface area contributed by atoms with Crippen molar-refractivity contribution >= 4 is 23.2 Å². The zero-order chi connectivity index (χ0) is 14.1. The first-order valence-electron chi connectivity index (χ1n) is 7.49. The first-order valence-corrected chi connectivity index (χ1v) is 9.46. The van der Waals surface area contributed by atoms with Crippen molar-refractivity contribution in [3.8, 4) is 0 Å². The highest BCUT2D eigenvalue weighted by Gasteiger charge is 2.49. The SMILES string of the molecule is c1ccc([P+]2(c3ccccc3)CCc3ccccc32)cc1. The fourth-order valence-corrected chi connectivity index (χ4v) is 8.12. The highest BCUT2D eigenvalue weighted by atomic mass is 31.2. The highest BCUT2D eigenvalue weighted by Crippen LogP contribution is 2.59. The first kappa shape index (κ1) is 12.8. The average molecular weight is 289 g/mol. The zero-order valence-corrected chi connectivity index (χ0v) is 12.8. The molecule has 0 saturated heterocycles. The van der Waals surface area contributed by atoms with E-state index in [0.29, 0.717) is 0 Å². The van der Waals surface area contributed by atoms with Gasteiger partial charge in [0.1, 0.15) is 23.2 Å². The summed E-state index contributed by atoms with van der Waals surface area (Å²) in [5.74, 6) is 0. The van der Waals surface area contributed by atoms with Crippen LogP contribution in [0, 0.1) is 0 Å². The summed E-state index contributed by atoms with van der Waals surface area (Å²) in [7, 11) is -1.44. The molecule has 1 aliphatic rings. The van der Waals surface area contributed by atoms with Crippen LogP contribution in [0.1, 0.15) is 5.56 Å². The van der Waals surface area contributed by atoms with Gasteiger partial charge in [-0.1, -0.05) is 54.6 Å². The summed E-state index contributed by atoms with van der Waals surface area (Å²) in [4.78, 5) is 0. The number of hydrogen-bond donors (Lipinski definition) is 0. The minimum Gasteiger partial charge on any atom is -0.0620 e. The fraction of sp³-hybridized carbons (Fsp3) is 0.100. The van der Waals surface area contributed by atoms with Crippen molar-refractivity contribution in [1.29, 1.82) is 0 Å². The molecular weight excluding hydrogens is 271 g/mol. The number of aryl methyl sites for hydroxylation is 1. The molecule has 0 spiro atoms. The van der Waals surface area contributed by atoms with Gasteiger partial charge in [0.15, 0.2) is 0 Å². The van der Waals surface area contributed by atoms with Crippen molar-refractivity contribution in [1.82, 2.24) is 0 Å². The van der Waals surface area contributed by atoms with Crippen molar-refractivity contribution in [2.45, 2.75) is 6.42 Å². The van der Waals surface area contributed by atoms with Gasteiger partial charge in [-0.2, -0.15) is 0 Å². The third-order valence-electron chi connectivity index (χ3n) is 4.51. The van der Waals surface area contributed by atoms with Gasteiger partial charge in [-0.15, -0.1) is 0 Å². The molecule has 0 unspecified atom stereocenters. The summed E-state index contributed by atoms with van der Waals surface area (Å²) in [5, 5.41) is 4.62. The monoisotopic (exact) mass is 289 g/mol. The van der Waals surface area contributed by atoms with Gasteiger partial charge in [0.25, 0.3) is 0 Å². The first-order chi connectivity index (χ1) is 10.4. The van der Waals surface area contributed by atoms with Crippen molar-refractivity contribution in [2.24, 2.45) is 0 Å². The Hall–Kier alpha value is -1.91. The zero-order valence-electron chi connectivity index (χ0n) is 11.9. The minimum absolute atomic E-state index is 1.20. The Bertz CT molecular complexity index is 708. The highest BCUT2D eigenvalue weighted by molar-refractivity contribution is 7.96. The van der Waals surface area contributed by atoms with Gasteiger partial charge < -0.3 is 0 Å². The molecular formula is C20H18P+. The Labute approximate surface area is 126 Å². The summed E-state index contributed by atoms with van der Waals surface area (Å²) in [6.45, 7) is 0. The molecule has 0 radical (unpaired) electrons. The number of rotatable bonds is 2. The van der Waals surface area contributed by atoms with Crippen LogP contribution in [0.25, 0.3) is 0 Å². The van der Waals surface area contributed by atoms with Crippen molar-refractivity contribution in [2.75, 3.05) is 6.16 Å². The Kier molecular flexibility index (Phi) is 3.13. The van der Waals surface area contributed by atoms with E-state index in [1.807, 2.05) is 0 Å². The van der Waals surface area contributed by atoms with Gasteiger partial charge in [-0.05, 0) is 35.9 Å². The van der Waals surface area contributed by atoms with Gasteiger partial charge in [0, 0.05) is 6.42 Å². The van der Waals surface area contributed by atoms with E-state index in [4.69, 9.17) is 0 Å². The Morgan fingerprint density at radius 1 is 0.571 bits per heavy atom. The van der Waals surface area contributed by atoms with Crippen LogP contribution in [0.3, 0.4) is 0 Å². The summed E-state index contributed by atoms with van der Waals surface area (Å²) < 4.78 is 0. The molecule has 21 heavy (non-hydrogen) atoms. The van der Waals surface area contributed by atoms with Crippen LogP contribution in [0.2, 0.25) is 0 Å². The molecule has 0 N–H and O–H groups in total. The number of benzene rings is 3. The topological polar surface area (TPSA) is 0 Å². The predicted molar refractivity (Wildman–Crippen MR) is 93.7 cm³/mol. The smallest absolute Gasteiger partial charge is 0.0620 e. The third kappa shape index (κ3) is 1.94. The lowest BCUT2D eigenvalue weighted by Crippen LogP contribution is -2.30. The van der Waals surface area contributed by atoms with Crippen molar-refractivity contribution in [3.63, 3.8) is 0 Å². The van der Waals surface area contributed by atoms with Crippen LogP contribution in [0.5, 0.6) is 0 Å². The van der Waals surface area contributed by atoms with Crippen LogP contribution in [0.4, 0.5) is 0 Å². The van der Waals surface area contributed by atoms with E-state index in [2.05, 4.69) is 84.9 Å². The molecule has 0 atom stereocenters. The van der Waals surface area contributed by atoms with Crippen LogP contribution >= 0.6 is 7.26 Å². The quantitative estimate of drug-likeness (QED) is 0.633. The van der Waals surface area contributed by atoms with Crippen LogP contribution < -0.4 is 15.9 Å². The maximum Gasteiger partial charge on any atom is 0.112 e. The molecule has 1 heterocycles. The lowest BCUT2D eigenvalue weighted by atomic mass is 10.2. The molecule has 0 aromatic heterocycles. The molecule has 3 aromatic carbocycles. The molecule has 0 amide bonds. The molecule has 1 heteroatoms. The second kappa shape index (κ2) is 5.13. The second-order valence-electron chi connectivity index (χ2n) is 5.58. The predicted octanol–water partition coefficient (Wildman–Crippen LogP) is 3.54. The molecule has 0 bridgehead atoms. The van der Waals surface area contributed by atoms with Gasteiger partial charge in [-0.25, -0.2) is 0 Å². The average Bonchev–Trinajstić information content (AvgIpc) is 2.97. The summed E-state index contributed by atoms with van der Waals surface area (Å²) in [6.07, 6.45) is 2.47. The standard InChI is InChI=1S/C20H18P/c1-3-10-18(11-4-1)21(19-12-5-2-6-13-19)16-15-17-9-7-8-14-20(17)21/h1-14H,15-16H2/q+1. The Morgan fingerprint density at radius 2 is 1.10 bits per heavy atom. The van der Waals surface area contributed by atoms with E-state index in [1.165, 1.54) is 23.2 Å². The molecule has 0 saturated carbocycles. The van der Waals surface area contributed by atoms with E-state index in [0.717, 1.165) is 0 Å². The van der Waals surface area contributed by atoms with Gasteiger partial charge >= 0.3 is 0 Å². The second-order valence-corrected chi connectivity index (χ2v) is 9.16. The van der Waals surface area contributed by atoms with E-state index >= 15 is 0 Å². The van der Waals surface area contributed by atoms with Crippen LogP contribution in [-0.4, -0.2) is 6.16 Å². The number of hydrogen-bond acceptors (Lipinski definition) is 0. The Morgan fingerprint density at radius 3 is 1.71 bits per heavy atom. The van der Waals surface area contributed by atoms with Crippen LogP contribution in [-0.2, 0) is 6.42 Å². The fourth-order valence-electron chi connectivity index (χ4n) is 3.55. The van der Waals surface area contributed by atoms with E-state index < -0.39 is 7.26 Å².